The number of anilines is 1. The van der Waals surface area contributed by atoms with Gasteiger partial charge in [-0.3, -0.25) is 4.79 Å². The number of rotatable bonds is 8. The van der Waals surface area contributed by atoms with Crippen LogP contribution >= 0.6 is 11.3 Å². The number of carbonyl (C=O) groups excluding carboxylic acids is 4. The monoisotopic (exact) mass is 421 g/mol. The van der Waals surface area contributed by atoms with Gasteiger partial charge in [0, 0.05) is 11.1 Å². The lowest BCUT2D eigenvalue weighted by Gasteiger charge is -2.09. The highest BCUT2D eigenvalue weighted by Gasteiger charge is 2.28. The molecule has 10 heteroatoms. The van der Waals surface area contributed by atoms with Crippen LogP contribution in [-0.4, -0.2) is 44.5 Å². The van der Waals surface area contributed by atoms with Gasteiger partial charge in [-0.25, -0.2) is 14.4 Å². The molecule has 29 heavy (non-hydrogen) atoms. The summed E-state index contributed by atoms with van der Waals surface area (Å²) in [4.78, 5) is 47.2. The number of hydrogen-bond acceptors (Lipinski definition) is 10. The van der Waals surface area contributed by atoms with Crippen molar-refractivity contribution in [3.05, 3.63) is 45.8 Å². The normalized spacial score (nSPS) is 10.2. The predicted molar refractivity (Wildman–Crippen MR) is 103 cm³/mol. The molecule has 0 aliphatic rings. The maximum Gasteiger partial charge on any atom is 0.348 e. The number of esters is 3. The third-order valence-electron chi connectivity index (χ3n) is 3.79. The number of ketones is 1. The van der Waals surface area contributed by atoms with Crippen LogP contribution < -0.4 is 10.5 Å². The highest BCUT2D eigenvalue weighted by molar-refractivity contribution is 7.18. The molecule has 0 amide bonds. The fourth-order valence-electron chi connectivity index (χ4n) is 2.33. The lowest BCUT2D eigenvalue weighted by molar-refractivity contribution is -0.147. The van der Waals surface area contributed by atoms with Crippen LogP contribution in [0.4, 0.5) is 5.00 Å². The minimum absolute atomic E-state index is 0.0407. The van der Waals surface area contributed by atoms with Crippen molar-refractivity contribution < 1.29 is 38.1 Å². The number of nitrogens with two attached hydrogens (primary N) is 1. The number of thiophene rings is 1. The highest BCUT2D eigenvalue weighted by atomic mass is 32.1. The van der Waals surface area contributed by atoms with E-state index in [4.69, 9.17) is 15.2 Å². The Bertz CT molecular complexity index is 932. The molecule has 0 atom stereocenters. The average molecular weight is 421 g/mol. The van der Waals surface area contributed by atoms with Crippen molar-refractivity contribution in [2.24, 2.45) is 0 Å². The zero-order valence-corrected chi connectivity index (χ0v) is 16.8. The second kappa shape index (κ2) is 9.69. The second-order valence-electron chi connectivity index (χ2n) is 5.66. The summed E-state index contributed by atoms with van der Waals surface area (Å²) in [5.41, 5.74) is 6.37. The van der Waals surface area contributed by atoms with Crippen LogP contribution in [-0.2, 0) is 25.6 Å². The fourth-order valence-corrected chi connectivity index (χ4v) is 3.31. The van der Waals surface area contributed by atoms with E-state index < -0.39 is 31.1 Å². The number of hydrogen-bond donors (Lipinski definition) is 1. The molecule has 0 aliphatic heterocycles. The zero-order chi connectivity index (χ0) is 21.6. The molecule has 0 saturated carbocycles. The Balaban J connectivity index is 2.06. The van der Waals surface area contributed by atoms with E-state index in [0.717, 1.165) is 18.4 Å². The van der Waals surface area contributed by atoms with Crippen LogP contribution in [0.2, 0.25) is 0 Å². The van der Waals surface area contributed by atoms with Crippen LogP contribution in [0.25, 0.3) is 0 Å². The van der Waals surface area contributed by atoms with Crippen molar-refractivity contribution in [2.75, 3.05) is 26.6 Å². The summed E-state index contributed by atoms with van der Waals surface area (Å²) in [6.07, 6.45) is 0. The molecule has 9 nitrogen and oxygen atoms in total. The van der Waals surface area contributed by atoms with Crippen molar-refractivity contribution >= 4 is 40.0 Å². The van der Waals surface area contributed by atoms with Gasteiger partial charge in [-0.1, -0.05) is 0 Å². The number of ether oxygens (including phenoxy) is 4. The molecular formula is C19H19NO8S. The molecular weight excluding hydrogens is 402 g/mol. The van der Waals surface area contributed by atoms with Crippen molar-refractivity contribution in [1.82, 2.24) is 0 Å². The first-order valence-electron chi connectivity index (χ1n) is 8.25. The molecule has 0 fully saturated rings. The van der Waals surface area contributed by atoms with Crippen LogP contribution in [0, 0.1) is 0 Å². The Morgan fingerprint density at radius 3 is 2.17 bits per heavy atom. The van der Waals surface area contributed by atoms with Gasteiger partial charge >= 0.3 is 17.9 Å². The molecule has 1 heterocycles. The van der Waals surface area contributed by atoms with Crippen molar-refractivity contribution in [1.29, 1.82) is 0 Å². The van der Waals surface area contributed by atoms with Gasteiger partial charge in [0.1, 0.15) is 27.8 Å². The third-order valence-corrected chi connectivity index (χ3v) is 4.83. The van der Waals surface area contributed by atoms with Gasteiger partial charge < -0.3 is 24.7 Å². The Hall–Kier alpha value is -3.40. The lowest BCUT2D eigenvalue weighted by Crippen LogP contribution is -2.17. The molecule has 1 aromatic carbocycles. The van der Waals surface area contributed by atoms with E-state index in [1.165, 1.54) is 14.0 Å². The Morgan fingerprint density at radius 1 is 1.00 bits per heavy atom. The minimum Gasteiger partial charge on any atom is -0.482 e. The quantitative estimate of drug-likeness (QED) is 0.387. The molecule has 0 unspecified atom stereocenters. The SMILES string of the molecule is COC(=O)c1sc(N)c(C(=O)OC)c1COC(=O)COc1ccc(C(C)=O)cc1. The van der Waals surface area contributed by atoms with E-state index in [0.29, 0.717) is 11.3 Å². The molecule has 0 aliphatic carbocycles. The molecule has 154 valence electrons. The van der Waals surface area contributed by atoms with Crippen molar-refractivity contribution in [3.63, 3.8) is 0 Å². The first kappa shape index (κ1) is 21.9. The maximum atomic E-state index is 12.0. The maximum absolute atomic E-state index is 12.0. The summed E-state index contributed by atoms with van der Waals surface area (Å²) < 4.78 is 19.8. The van der Waals surface area contributed by atoms with E-state index in [-0.39, 0.29) is 26.8 Å². The molecule has 0 bridgehead atoms. The van der Waals surface area contributed by atoms with Crippen LogP contribution in [0.15, 0.2) is 24.3 Å². The van der Waals surface area contributed by atoms with Gasteiger partial charge in [0.15, 0.2) is 12.4 Å². The number of Topliss-reactive ketones (excluding diaryl/α,β-unsaturated/α-hetero) is 1. The van der Waals surface area contributed by atoms with Gasteiger partial charge in [-0.05, 0) is 31.2 Å². The van der Waals surface area contributed by atoms with Gasteiger partial charge in [0.05, 0.1) is 14.2 Å². The topological polar surface area (TPSA) is 131 Å². The highest BCUT2D eigenvalue weighted by Crippen LogP contribution is 2.33. The predicted octanol–water partition coefficient (Wildman–Crippen LogP) is 2.23. The molecule has 2 rings (SSSR count). The fraction of sp³-hybridized carbons (Fsp3) is 0.263. The molecule has 2 N–H and O–H groups in total. The summed E-state index contributed by atoms with van der Waals surface area (Å²) >= 11 is 0.835. The molecule has 0 saturated heterocycles. The lowest BCUT2D eigenvalue weighted by atomic mass is 10.1. The molecule has 0 radical (unpaired) electrons. The molecule has 2 aromatic rings. The Morgan fingerprint density at radius 2 is 1.62 bits per heavy atom. The van der Waals surface area contributed by atoms with Gasteiger partial charge in [0.2, 0.25) is 0 Å². The number of benzene rings is 1. The number of nitrogen functional groups attached to an aromatic ring is 1. The largest absolute Gasteiger partial charge is 0.482 e. The Kier molecular flexibility index (Phi) is 7.32. The zero-order valence-electron chi connectivity index (χ0n) is 16.0. The van der Waals surface area contributed by atoms with Gasteiger partial charge in [0.25, 0.3) is 0 Å². The third kappa shape index (κ3) is 5.32. The van der Waals surface area contributed by atoms with Crippen molar-refractivity contribution in [2.45, 2.75) is 13.5 Å². The van der Waals surface area contributed by atoms with Gasteiger partial charge in [-0.2, -0.15) is 0 Å². The van der Waals surface area contributed by atoms with E-state index in [1.807, 2.05) is 0 Å². The first-order valence-corrected chi connectivity index (χ1v) is 9.07. The minimum atomic E-state index is -0.762. The van der Waals surface area contributed by atoms with Crippen molar-refractivity contribution in [3.8, 4) is 5.75 Å². The van der Waals surface area contributed by atoms with E-state index in [9.17, 15) is 19.2 Å². The summed E-state index contributed by atoms with van der Waals surface area (Å²) in [5, 5.41) is 0.0464. The first-order chi connectivity index (χ1) is 13.8. The van der Waals surface area contributed by atoms with E-state index in [1.54, 1.807) is 24.3 Å². The average Bonchev–Trinajstić information content (AvgIpc) is 3.05. The number of methoxy groups -OCH3 is 2. The second-order valence-corrected chi connectivity index (χ2v) is 6.71. The number of carbonyl (C=O) groups is 4. The smallest absolute Gasteiger partial charge is 0.348 e. The molecule has 0 spiro atoms. The summed E-state index contributed by atoms with van der Waals surface area (Å²) in [7, 11) is 2.34. The van der Waals surface area contributed by atoms with Crippen LogP contribution in [0.1, 0.15) is 42.9 Å². The van der Waals surface area contributed by atoms with Crippen LogP contribution in [0.3, 0.4) is 0 Å². The molecule has 1 aromatic heterocycles. The van der Waals surface area contributed by atoms with Gasteiger partial charge in [-0.15, -0.1) is 11.3 Å². The summed E-state index contributed by atoms with van der Waals surface area (Å²) in [6, 6.07) is 6.24. The van der Waals surface area contributed by atoms with E-state index in [2.05, 4.69) is 9.47 Å². The van der Waals surface area contributed by atoms with E-state index >= 15 is 0 Å². The summed E-state index contributed by atoms with van der Waals surface area (Å²) in [5.74, 6) is -1.94. The standard InChI is InChI=1S/C19H19NO8S/c1-10(21)11-4-6-12(7-5-11)27-9-14(22)28-8-13-15(18(23)25-2)17(20)29-16(13)19(24)26-3/h4-7H,8-9,20H2,1-3H3. The summed E-state index contributed by atoms with van der Waals surface area (Å²) in [6.45, 7) is 0.629. The van der Waals surface area contributed by atoms with Crippen LogP contribution in [0.5, 0.6) is 5.75 Å². The Labute approximate surface area is 170 Å².